The van der Waals surface area contributed by atoms with Crippen molar-refractivity contribution in [1.29, 1.82) is 0 Å². The van der Waals surface area contributed by atoms with E-state index in [0.717, 1.165) is 28.5 Å². The molecule has 3 aromatic rings. The van der Waals surface area contributed by atoms with Gasteiger partial charge in [0.25, 0.3) is 0 Å². The first kappa shape index (κ1) is 17.5. The van der Waals surface area contributed by atoms with Crippen molar-refractivity contribution >= 4 is 22.5 Å². The Bertz CT molecular complexity index is 773. The van der Waals surface area contributed by atoms with E-state index in [1.165, 1.54) is 5.69 Å². The van der Waals surface area contributed by atoms with Crippen LogP contribution in [0.25, 0.3) is 22.3 Å². The largest absolute Gasteiger partial charge is 0.358 e. The van der Waals surface area contributed by atoms with Crippen molar-refractivity contribution in [3.8, 4) is 11.4 Å². The van der Waals surface area contributed by atoms with Crippen molar-refractivity contribution in [2.75, 3.05) is 0 Å². The first-order valence-electron chi connectivity index (χ1n) is 8.22. The summed E-state index contributed by atoms with van der Waals surface area (Å²) in [6.45, 7) is 10.4. The molecule has 2 aromatic heterocycles. The van der Waals surface area contributed by atoms with Crippen LogP contribution in [0, 0.1) is 0 Å². The van der Waals surface area contributed by atoms with Crippen molar-refractivity contribution in [1.82, 2.24) is 15.0 Å². The summed E-state index contributed by atoms with van der Waals surface area (Å²) in [6.07, 6.45) is 4.65. The van der Waals surface area contributed by atoms with E-state index in [1.807, 2.05) is 38.4 Å². The van der Waals surface area contributed by atoms with Crippen molar-refractivity contribution in [3.05, 3.63) is 46.9 Å². The zero-order valence-corrected chi connectivity index (χ0v) is 15.2. The Morgan fingerprint density at radius 2 is 1.74 bits per heavy atom. The summed E-state index contributed by atoms with van der Waals surface area (Å²) in [6, 6.07) is 6.16. The lowest BCUT2D eigenvalue weighted by Crippen LogP contribution is -1.92. The van der Waals surface area contributed by atoms with Gasteiger partial charge in [-0.2, -0.15) is 0 Å². The molecule has 0 aliphatic rings. The van der Waals surface area contributed by atoms with Crippen LogP contribution in [0.3, 0.4) is 0 Å². The minimum Gasteiger partial charge on any atom is -0.358 e. The van der Waals surface area contributed by atoms with Crippen LogP contribution in [-0.2, 0) is 6.42 Å². The molecule has 0 fully saturated rings. The average molecular weight is 330 g/mol. The number of nitrogens with zero attached hydrogens (tertiary/aromatic N) is 2. The second-order valence-corrected chi connectivity index (χ2v) is 5.97. The number of hydrogen-bond donors (Lipinski definition) is 1. The highest BCUT2D eigenvalue weighted by Crippen LogP contribution is 2.31. The van der Waals surface area contributed by atoms with Crippen LogP contribution in [-0.4, -0.2) is 15.0 Å². The maximum Gasteiger partial charge on any atom is 0.160 e. The third-order valence-corrected chi connectivity index (χ3v) is 4.02. The molecule has 0 atom stereocenters. The Morgan fingerprint density at radius 3 is 2.30 bits per heavy atom. The minimum absolute atomic E-state index is 0.458. The molecule has 0 aliphatic carbocycles. The first-order chi connectivity index (χ1) is 11.1. The number of H-pyrrole nitrogens is 1. The highest BCUT2D eigenvalue weighted by atomic mass is 35.5. The van der Waals surface area contributed by atoms with Crippen molar-refractivity contribution in [2.45, 2.75) is 47.0 Å². The second kappa shape index (κ2) is 7.60. The summed E-state index contributed by atoms with van der Waals surface area (Å²) in [4.78, 5) is 12.3. The van der Waals surface area contributed by atoms with Gasteiger partial charge in [-0.15, -0.1) is 0 Å². The van der Waals surface area contributed by atoms with Crippen molar-refractivity contribution in [2.24, 2.45) is 0 Å². The first-order valence-corrected chi connectivity index (χ1v) is 8.59. The molecule has 0 aliphatic heterocycles. The molecule has 4 heteroatoms. The highest BCUT2D eigenvalue weighted by molar-refractivity contribution is 6.34. The number of rotatable bonds is 3. The summed E-state index contributed by atoms with van der Waals surface area (Å²) in [7, 11) is 0. The predicted molar refractivity (Wildman–Crippen MR) is 99.1 cm³/mol. The Kier molecular flexibility index (Phi) is 5.78. The van der Waals surface area contributed by atoms with Gasteiger partial charge in [0.2, 0.25) is 0 Å². The van der Waals surface area contributed by atoms with Gasteiger partial charge in [-0.25, -0.2) is 9.97 Å². The molecule has 0 bridgehead atoms. The lowest BCUT2D eigenvalue weighted by atomic mass is 10.1. The summed E-state index contributed by atoms with van der Waals surface area (Å²) >= 11 is 6.41. The zero-order valence-electron chi connectivity index (χ0n) is 14.4. The second-order valence-electron chi connectivity index (χ2n) is 5.57. The van der Waals surface area contributed by atoms with Crippen LogP contribution in [0.15, 0.2) is 30.6 Å². The fraction of sp³-hybridized carbons (Fsp3) is 0.368. The van der Waals surface area contributed by atoms with Crippen LogP contribution >= 0.6 is 11.6 Å². The topological polar surface area (TPSA) is 41.6 Å². The van der Waals surface area contributed by atoms with Gasteiger partial charge in [0.05, 0.1) is 5.02 Å². The number of fused-ring (bicyclic) bond motifs is 1. The molecule has 23 heavy (non-hydrogen) atoms. The minimum atomic E-state index is 0.458. The van der Waals surface area contributed by atoms with E-state index in [4.69, 9.17) is 11.6 Å². The molecule has 0 unspecified atom stereocenters. The monoisotopic (exact) mass is 329 g/mol. The molecule has 0 saturated carbocycles. The number of halogens is 1. The predicted octanol–water partition coefficient (Wildman–Crippen LogP) is 5.99. The van der Waals surface area contributed by atoms with Crippen LogP contribution in [0.5, 0.6) is 0 Å². The van der Waals surface area contributed by atoms with Gasteiger partial charge in [0, 0.05) is 34.6 Å². The Hall–Kier alpha value is -1.87. The standard InChI is InChI=1S/C17H18ClN3.C2H6/c1-4-11-8-19-17(20-9-11)13-7-16-12(5-14(13)18)6-15(21-16)10(2)3;1-2/h5-10,21H,4H2,1-3H3;1-2H3. The molecule has 122 valence electrons. The Morgan fingerprint density at radius 1 is 1.09 bits per heavy atom. The molecule has 0 saturated heterocycles. The Balaban J connectivity index is 0.000000924. The average Bonchev–Trinajstić information content (AvgIpc) is 2.99. The summed E-state index contributed by atoms with van der Waals surface area (Å²) in [5.74, 6) is 1.12. The van der Waals surface area contributed by atoms with E-state index in [2.05, 4.69) is 41.8 Å². The SMILES string of the molecule is CC.CCc1cnc(-c2cc3[nH]c(C(C)C)cc3cc2Cl)nc1. The molecule has 1 N–H and O–H groups in total. The highest BCUT2D eigenvalue weighted by Gasteiger charge is 2.11. The van der Waals surface area contributed by atoms with Crippen LogP contribution < -0.4 is 0 Å². The molecule has 3 rings (SSSR count). The van der Waals surface area contributed by atoms with Crippen LogP contribution in [0.4, 0.5) is 0 Å². The van der Waals surface area contributed by atoms with Gasteiger partial charge < -0.3 is 4.98 Å². The van der Waals surface area contributed by atoms with E-state index in [1.54, 1.807) is 0 Å². The number of nitrogens with one attached hydrogen (secondary N) is 1. The number of aromatic nitrogens is 3. The molecule has 0 amide bonds. The van der Waals surface area contributed by atoms with E-state index in [-0.39, 0.29) is 0 Å². The lowest BCUT2D eigenvalue weighted by molar-refractivity contribution is 0.836. The number of hydrogen-bond acceptors (Lipinski definition) is 2. The van der Waals surface area contributed by atoms with Crippen LogP contribution in [0.2, 0.25) is 5.02 Å². The third-order valence-electron chi connectivity index (χ3n) is 3.71. The fourth-order valence-corrected chi connectivity index (χ4v) is 2.59. The lowest BCUT2D eigenvalue weighted by Gasteiger charge is -2.04. The maximum absolute atomic E-state index is 6.41. The number of aryl methyl sites for hydroxylation is 1. The molecule has 1 aromatic carbocycles. The van der Waals surface area contributed by atoms with Gasteiger partial charge >= 0.3 is 0 Å². The van der Waals surface area contributed by atoms with E-state index < -0.39 is 0 Å². The molecule has 2 heterocycles. The van der Waals surface area contributed by atoms with Gasteiger partial charge in [0.15, 0.2) is 5.82 Å². The van der Waals surface area contributed by atoms with Crippen LogP contribution in [0.1, 0.15) is 51.8 Å². The van der Waals surface area contributed by atoms with Crippen molar-refractivity contribution in [3.63, 3.8) is 0 Å². The molecule has 0 radical (unpaired) electrons. The number of aromatic amines is 1. The Labute approximate surface area is 143 Å². The van der Waals surface area contributed by atoms with Gasteiger partial charge in [-0.3, -0.25) is 0 Å². The summed E-state index contributed by atoms with van der Waals surface area (Å²) < 4.78 is 0. The molecule has 3 nitrogen and oxygen atoms in total. The molecule has 0 spiro atoms. The fourth-order valence-electron chi connectivity index (χ4n) is 2.33. The summed E-state index contributed by atoms with van der Waals surface area (Å²) in [5.41, 5.74) is 4.27. The molecular weight excluding hydrogens is 306 g/mol. The smallest absolute Gasteiger partial charge is 0.160 e. The van der Waals surface area contributed by atoms with Crippen molar-refractivity contribution < 1.29 is 0 Å². The van der Waals surface area contributed by atoms with Gasteiger partial charge in [-0.1, -0.05) is 46.2 Å². The van der Waals surface area contributed by atoms with Gasteiger partial charge in [0.1, 0.15) is 0 Å². The zero-order chi connectivity index (χ0) is 17.0. The normalized spacial score (nSPS) is 10.7. The maximum atomic E-state index is 6.41. The third kappa shape index (κ3) is 3.73. The van der Waals surface area contributed by atoms with E-state index in [9.17, 15) is 0 Å². The molecular formula is C19H24ClN3. The van der Waals surface area contributed by atoms with E-state index >= 15 is 0 Å². The number of benzene rings is 1. The quantitative estimate of drug-likeness (QED) is 0.641. The summed E-state index contributed by atoms with van der Waals surface area (Å²) in [5, 5.41) is 1.80. The van der Waals surface area contributed by atoms with E-state index in [0.29, 0.717) is 16.8 Å². The van der Waals surface area contributed by atoms with Gasteiger partial charge in [-0.05, 0) is 36.1 Å².